The van der Waals surface area contributed by atoms with E-state index in [-0.39, 0.29) is 18.2 Å². The molecule has 0 unspecified atom stereocenters. The van der Waals surface area contributed by atoms with E-state index in [9.17, 15) is 9.59 Å². The summed E-state index contributed by atoms with van der Waals surface area (Å²) >= 11 is 6.06. The highest BCUT2D eigenvalue weighted by atomic mass is 35.5. The van der Waals surface area contributed by atoms with E-state index >= 15 is 0 Å². The smallest absolute Gasteiger partial charge is 0.224 e. The Morgan fingerprint density at radius 1 is 1.17 bits per heavy atom. The Balaban J connectivity index is 1.59. The van der Waals surface area contributed by atoms with Crippen LogP contribution < -0.4 is 10.6 Å². The van der Waals surface area contributed by atoms with E-state index < -0.39 is 0 Å². The van der Waals surface area contributed by atoms with E-state index in [0.717, 1.165) is 28.8 Å². The molecular weight excluding hydrogens is 312 g/mol. The number of anilines is 1. The second kappa shape index (κ2) is 6.84. The van der Waals surface area contributed by atoms with Gasteiger partial charge in [0, 0.05) is 23.7 Å². The molecule has 1 aliphatic heterocycles. The van der Waals surface area contributed by atoms with E-state index in [1.165, 1.54) is 0 Å². The summed E-state index contributed by atoms with van der Waals surface area (Å²) in [6.45, 7) is 0.463. The summed E-state index contributed by atoms with van der Waals surface area (Å²) in [6.07, 6.45) is 1.51. The molecule has 2 aromatic carbocycles. The monoisotopic (exact) mass is 328 g/mol. The van der Waals surface area contributed by atoms with Crippen LogP contribution in [0.5, 0.6) is 0 Å². The summed E-state index contributed by atoms with van der Waals surface area (Å²) in [7, 11) is 0. The summed E-state index contributed by atoms with van der Waals surface area (Å²) < 4.78 is 0. The number of carbonyl (C=O) groups excluding carboxylic acids is 2. The van der Waals surface area contributed by atoms with Crippen LogP contribution in [0, 0.1) is 0 Å². The first-order valence-electron chi connectivity index (χ1n) is 7.53. The maximum absolute atomic E-state index is 12.0. The van der Waals surface area contributed by atoms with E-state index in [1.54, 1.807) is 6.07 Å². The largest absolute Gasteiger partial charge is 0.352 e. The van der Waals surface area contributed by atoms with Gasteiger partial charge in [-0.25, -0.2) is 0 Å². The van der Waals surface area contributed by atoms with Gasteiger partial charge in [0.15, 0.2) is 0 Å². The molecule has 0 aliphatic carbocycles. The summed E-state index contributed by atoms with van der Waals surface area (Å²) in [4.78, 5) is 23.4. The predicted molar refractivity (Wildman–Crippen MR) is 90.4 cm³/mol. The third kappa shape index (κ3) is 3.90. The van der Waals surface area contributed by atoms with Crippen molar-refractivity contribution in [1.29, 1.82) is 0 Å². The minimum absolute atomic E-state index is 0.0540. The third-order valence-corrected chi connectivity index (χ3v) is 4.23. The Bertz CT molecular complexity index is 758. The highest BCUT2D eigenvalue weighted by Crippen LogP contribution is 2.23. The maximum Gasteiger partial charge on any atom is 0.224 e. The Kier molecular flexibility index (Phi) is 4.63. The van der Waals surface area contributed by atoms with Crippen LogP contribution in [-0.4, -0.2) is 11.8 Å². The standard InChI is InChI=1S/C18H17ClN2O2/c19-15-4-2-1-3-13(15)10-18(23)20-11-12-5-7-16-14(9-12)6-8-17(22)21-16/h1-5,7,9H,6,8,10-11H2,(H,20,23)(H,21,22). The SMILES string of the molecule is O=C(Cc1ccccc1Cl)NCc1ccc2c(c1)CCC(=O)N2. The van der Waals surface area contributed by atoms with Crippen LogP contribution in [0.25, 0.3) is 0 Å². The fourth-order valence-electron chi connectivity index (χ4n) is 2.62. The topological polar surface area (TPSA) is 58.2 Å². The molecule has 118 valence electrons. The van der Waals surface area contributed by atoms with Gasteiger partial charge in [-0.1, -0.05) is 41.9 Å². The Labute approximate surface area is 139 Å². The van der Waals surface area contributed by atoms with Crippen molar-refractivity contribution >= 4 is 29.1 Å². The van der Waals surface area contributed by atoms with Gasteiger partial charge in [-0.2, -0.15) is 0 Å². The molecule has 0 aromatic heterocycles. The maximum atomic E-state index is 12.0. The van der Waals surface area contributed by atoms with Crippen molar-refractivity contribution in [3.63, 3.8) is 0 Å². The molecule has 2 amide bonds. The molecule has 2 aromatic rings. The second-order valence-corrected chi connectivity index (χ2v) is 5.99. The first-order valence-corrected chi connectivity index (χ1v) is 7.91. The lowest BCUT2D eigenvalue weighted by atomic mass is 10.0. The quantitative estimate of drug-likeness (QED) is 0.906. The molecule has 2 N–H and O–H groups in total. The zero-order valence-electron chi connectivity index (χ0n) is 12.6. The van der Waals surface area contributed by atoms with Crippen LogP contribution >= 0.6 is 11.6 Å². The number of hydrogen-bond acceptors (Lipinski definition) is 2. The predicted octanol–water partition coefficient (Wildman–Crippen LogP) is 3.08. The average Bonchev–Trinajstić information content (AvgIpc) is 2.55. The zero-order chi connectivity index (χ0) is 16.2. The Hall–Kier alpha value is -2.33. The van der Waals surface area contributed by atoms with Crippen molar-refractivity contribution in [1.82, 2.24) is 5.32 Å². The number of rotatable bonds is 4. The van der Waals surface area contributed by atoms with Crippen molar-refractivity contribution in [3.05, 3.63) is 64.2 Å². The van der Waals surface area contributed by atoms with Gasteiger partial charge < -0.3 is 10.6 Å². The average molecular weight is 329 g/mol. The van der Waals surface area contributed by atoms with Crippen LogP contribution in [-0.2, 0) is 29.0 Å². The molecule has 5 heteroatoms. The lowest BCUT2D eigenvalue weighted by Crippen LogP contribution is -2.25. The molecule has 23 heavy (non-hydrogen) atoms. The van der Waals surface area contributed by atoms with Crippen molar-refractivity contribution in [2.24, 2.45) is 0 Å². The molecular formula is C18H17ClN2O2. The highest BCUT2D eigenvalue weighted by Gasteiger charge is 2.15. The molecule has 0 radical (unpaired) electrons. The summed E-state index contributed by atoms with van der Waals surface area (Å²) in [5.41, 5.74) is 3.82. The summed E-state index contributed by atoms with van der Waals surface area (Å²) in [6, 6.07) is 13.2. The number of carbonyl (C=O) groups is 2. The lowest BCUT2D eigenvalue weighted by Gasteiger charge is -2.17. The van der Waals surface area contributed by atoms with Crippen molar-refractivity contribution in [3.8, 4) is 0 Å². The Morgan fingerprint density at radius 3 is 2.83 bits per heavy atom. The molecule has 0 bridgehead atoms. The van der Waals surface area contributed by atoms with E-state index in [2.05, 4.69) is 10.6 Å². The van der Waals surface area contributed by atoms with E-state index in [1.807, 2.05) is 36.4 Å². The van der Waals surface area contributed by atoms with Crippen LogP contribution in [0.4, 0.5) is 5.69 Å². The normalized spacial score (nSPS) is 13.2. The van der Waals surface area contributed by atoms with Gasteiger partial charge in [-0.15, -0.1) is 0 Å². The number of fused-ring (bicyclic) bond motifs is 1. The van der Waals surface area contributed by atoms with Crippen LogP contribution in [0.2, 0.25) is 5.02 Å². The van der Waals surface area contributed by atoms with Crippen molar-refractivity contribution < 1.29 is 9.59 Å². The zero-order valence-corrected chi connectivity index (χ0v) is 13.3. The Morgan fingerprint density at radius 2 is 2.00 bits per heavy atom. The van der Waals surface area contributed by atoms with Crippen LogP contribution in [0.15, 0.2) is 42.5 Å². The molecule has 4 nitrogen and oxygen atoms in total. The van der Waals surface area contributed by atoms with Crippen LogP contribution in [0.1, 0.15) is 23.1 Å². The first-order chi connectivity index (χ1) is 11.1. The minimum Gasteiger partial charge on any atom is -0.352 e. The molecule has 0 spiro atoms. The lowest BCUT2D eigenvalue weighted by molar-refractivity contribution is -0.120. The number of benzene rings is 2. The van der Waals surface area contributed by atoms with Crippen LogP contribution in [0.3, 0.4) is 0 Å². The molecule has 0 fully saturated rings. The van der Waals surface area contributed by atoms with Crippen molar-refractivity contribution in [2.75, 3.05) is 5.32 Å². The fourth-order valence-corrected chi connectivity index (χ4v) is 2.83. The third-order valence-electron chi connectivity index (χ3n) is 3.86. The fraction of sp³-hybridized carbons (Fsp3) is 0.222. The number of amides is 2. The number of halogens is 1. The van der Waals surface area contributed by atoms with Gasteiger partial charge in [-0.05, 0) is 35.2 Å². The molecule has 1 aliphatic rings. The highest BCUT2D eigenvalue weighted by molar-refractivity contribution is 6.31. The molecule has 0 atom stereocenters. The number of nitrogens with one attached hydrogen (secondary N) is 2. The van der Waals surface area contributed by atoms with Gasteiger partial charge in [0.2, 0.25) is 11.8 Å². The first kappa shape index (κ1) is 15.6. The number of aryl methyl sites for hydroxylation is 1. The molecule has 1 heterocycles. The number of hydrogen-bond donors (Lipinski definition) is 2. The minimum atomic E-state index is -0.0656. The van der Waals surface area contributed by atoms with Gasteiger partial charge in [-0.3, -0.25) is 9.59 Å². The van der Waals surface area contributed by atoms with Crippen molar-refractivity contribution in [2.45, 2.75) is 25.8 Å². The summed E-state index contributed by atoms with van der Waals surface area (Å²) in [5, 5.41) is 6.36. The van der Waals surface area contributed by atoms with E-state index in [4.69, 9.17) is 11.6 Å². The van der Waals surface area contributed by atoms with Gasteiger partial charge in [0.25, 0.3) is 0 Å². The molecule has 0 saturated heterocycles. The van der Waals surface area contributed by atoms with E-state index in [0.29, 0.717) is 18.0 Å². The van der Waals surface area contributed by atoms with Gasteiger partial charge >= 0.3 is 0 Å². The molecule has 3 rings (SSSR count). The second-order valence-electron chi connectivity index (χ2n) is 5.58. The molecule has 0 saturated carbocycles. The summed E-state index contributed by atoms with van der Waals surface area (Å²) in [5.74, 6) is -0.0117. The van der Waals surface area contributed by atoms with Gasteiger partial charge in [0.05, 0.1) is 6.42 Å². The van der Waals surface area contributed by atoms with Gasteiger partial charge in [0.1, 0.15) is 0 Å².